The number of anilines is 1. The lowest BCUT2D eigenvalue weighted by Crippen LogP contribution is -2.11. The van der Waals surface area contributed by atoms with E-state index in [4.69, 9.17) is 9.52 Å². The van der Waals surface area contributed by atoms with Gasteiger partial charge < -0.3 is 9.52 Å². The van der Waals surface area contributed by atoms with E-state index >= 15 is 0 Å². The number of phenols is 1. The van der Waals surface area contributed by atoms with Crippen LogP contribution in [-0.2, 0) is 0 Å². The van der Waals surface area contributed by atoms with Crippen molar-refractivity contribution in [3.05, 3.63) is 35.7 Å². The number of carbonyl (C=O) groups is 1. The monoisotopic (exact) mass is 219 g/mol. The highest BCUT2D eigenvalue weighted by atomic mass is 16.4. The van der Waals surface area contributed by atoms with Crippen LogP contribution in [-0.4, -0.2) is 21.2 Å². The van der Waals surface area contributed by atoms with Crippen LogP contribution in [0.25, 0.3) is 0 Å². The van der Waals surface area contributed by atoms with Gasteiger partial charge in [0.1, 0.15) is 5.75 Å². The molecule has 1 amide bonds. The van der Waals surface area contributed by atoms with Crippen LogP contribution in [0, 0.1) is 6.92 Å². The first-order valence-corrected chi connectivity index (χ1v) is 4.55. The molecule has 1 aromatic heterocycles. The summed E-state index contributed by atoms with van der Waals surface area (Å²) in [5.41, 5.74) is 0.397. The predicted molar refractivity (Wildman–Crippen MR) is 55.1 cm³/mol. The molecule has 0 aliphatic rings. The number of amides is 1. The molecule has 16 heavy (non-hydrogen) atoms. The Morgan fingerprint density at radius 1 is 1.31 bits per heavy atom. The summed E-state index contributed by atoms with van der Waals surface area (Å²) in [4.78, 5) is 11.6. The molecule has 1 aromatic carbocycles. The first kappa shape index (κ1) is 10.2. The molecule has 0 aliphatic heterocycles. The Labute approximate surface area is 90.9 Å². The van der Waals surface area contributed by atoms with Crippen LogP contribution in [0.4, 0.5) is 6.01 Å². The number of rotatable bonds is 2. The SMILES string of the molecule is Cc1nnc(NC(=O)c2ccc(O)cc2)o1. The van der Waals surface area contributed by atoms with E-state index in [1.54, 1.807) is 6.92 Å². The maximum absolute atomic E-state index is 11.6. The van der Waals surface area contributed by atoms with Crippen molar-refractivity contribution in [1.82, 2.24) is 10.2 Å². The third-order valence-electron chi connectivity index (χ3n) is 1.88. The van der Waals surface area contributed by atoms with Crippen molar-refractivity contribution in [3.8, 4) is 5.75 Å². The number of nitrogens with zero attached hydrogens (tertiary/aromatic N) is 2. The Bertz CT molecular complexity index is 504. The maximum atomic E-state index is 11.6. The van der Waals surface area contributed by atoms with E-state index in [2.05, 4.69) is 15.5 Å². The van der Waals surface area contributed by atoms with E-state index in [0.717, 1.165) is 0 Å². The molecule has 0 saturated heterocycles. The number of hydrogen-bond donors (Lipinski definition) is 2. The smallest absolute Gasteiger partial charge is 0.322 e. The average Bonchev–Trinajstić information content (AvgIpc) is 2.65. The Kier molecular flexibility index (Phi) is 2.55. The van der Waals surface area contributed by atoms with Crippen LogP contribution in [0.3, 0.4) is 0 Å². The first-order valence-electron chi connectivity index (χ1n) is 4.55. The Morgan fingerprint density at radius 3 is 2.56 bits per heavy atom. The van der Waals surface area contributed by atoms with E-state index in [-0.39, 0.29) is 17.7 Å². The summed E-state index contributed by atoms with van der Waals surface area (Å²) in [6.07, 6.45) is 0. The zero-order chi connectivity index (χ0) is 11.5. The molecule has 0 atom stereocenters. The Hall–Kier alpha value is -2.37. The molecule has 2 N–H and O–H groups in total. The number of phenolic OH excluding ortho intramolecular Hbond substituents is 1. The van der Waals surface area contributed by atoms with Gasteiger partial charge in [-0.25, -0.2) is 0 Å². The maximum Gasteiger partial charge on any atom is 0.322 e. The second kappa shape index (κ2) is 4.01. The number of benzene rings is 1. The van der Waals surface area contributed by atoms with Crippen LogP contribution in [0.1, 0.15) is 16.2 Å². The summed E-state index contributed by atoms with van der Waals surface area (Å²) in [6.45, 7) is 1.63. The summed E-state index contributed by atoms with van der Waals surface area (Å²) in [6, 6.07) is 5.89. The van der Waals surface area contributed by atoms with E-state index in [0.29, 0.717) is 11.5 Å². The molecular formula is C10H9N3O3. The van der Waals surface area contributed by atoms with Gasteiger partial charge in [-0.05, 0) is 24.3 Å². The minimum Gasteiger partial charge on any atom is -0.508 e. The predicted octanol–water partition coefficient (Wildman–Crippen LogP) is 1.34. The highest BCUT2D eigenvalue weighted by molar-refractivity contribution is 6.03. The van der Waals surface area contributed by atoms with E-state index in [9.17, 15) is 4.79 Å². The second-order valence-corrected chi connectivity index (χ2v) is 3.13. The van der Waals surface area contributed by atoms with Gasteiger partial charge in [-0.1, -0.05) is 5.10 Å². The van der Waals surface area contributed by atoms with Gasteiger partial charge in [-0.15, -0.1) is 5.10 Å². The minimum absolute atomic E-state index is 0.0515. The minimum atomic E-state index is -0.372. The van der Waals surface area contributed by atoms with Crippen molar-refractivity contribution in [2.24, 2.45) is 0 Å². The van der Waals surface area contributed by atoms with Gasteiger partial charge in [0, 0.05) is 12.5 Å². The van der Waals surface area contributed by atoms with Crippen LogP contribution >= 0.6 is 0 Å². The molecule has 0 saturated carbocycles. The van der Waals surface area contributed by atoms with Gasteiger partial charge in [0.05, 0.1) is 0 Å². The number of hydrogen-bond acceptors (Lipinski definition) is 5. The molecule has 6 heteroatoms. The standard InChI is InChI=1S/C10H9N3O3/c1-6-12-13-10(16-6)11-9(15)7-2-4-8(14)5-3-7/h2-5,14H,1H3,(H,11,13,15). The van der Waals surface area contributed by atoms with E-state index < -0.39 is 0 Å². The molecule has 2 aromatic rings. The van der Waals surface area contributed by atoms with Gasteiger partial charge in [0.15, 0.2) is 0 Å². The zero-order valence-corrected chi connectivity index (χ0v) is 8.47. The van der Waals surface area contributed by atoms with Crippen molar-refractivity contribution in [1.29, 1.82) is 0 Å². The third-order valence-corrected chi connectivity index (χ3v) is 1.88. The molecular weight excluding hydrogens is 210 g/mol. The fraction of sp³-hybridized carbons (Fsp3) is 0.100. The average molecular weight is 219 g/mol. The summed E-state index contributed by atoms with van der Waals surface area (Å²) in [5, 5.41) is 18.7. The largest absolute Gasteiger partial charge is 0.508 e. The molecule has 82 valence electrons. The van der Waals surface area contributed by atoms with Crippen molar-refractivity contribution < 1.29 is 14.3 Å². The summed E-state index contributed by atoms with van der Waals surface area (Å²) in [7, 11) is 0. The van der Waals surface area contributed by atoms with Crippen molar-refractivity contribution >= 4 is 11.9 Å². The molecule has 0 unspecified atom stereocenters. The molecule has 0 spiro atoms. The summed E-state index contributed by atoms with van der Waals surface area (Å²) >= 11 is 0. The van der Waals surface area contributed by atoms with Gasteiger partial charge in [-0.3, -0.25) is 10.1 Å². The number of carbonyl (C=O) groups excluding carboxylic acids is 1. The Morgan fingerprint density at radius 2 is 2.00 bits per heavy atom. The molecule has 2 rings (SSSR count). The lowest BCUT2D eigenvalue weighted by Gasteiger charge is -2.00. The van der Waals surface area contributed by atoms with E-state index in [1.165, 1.54) is 24.3 Å². The number of aromatic hydroxyl groups is 1. The van der Waals surface area contributed by atoms with Crippen molar-refractivity contribution in [3.63, 3.8) is 0 Å². The second-order valence-electron chi connectivity index (χ2n) is 3.13. The van der Waals surface area contributed by atoms with Gasteiger partial charge >= 0.3 is 6.01 Å². The van der Waals surface area contributed by atoms with Crippen LogP contribution in [0.5, 0.6) is 5.75 Å². The lowest BCUT2D eigenvalue weighted by molar-refractivity contribution is 0.102. The van der Waals surface area contributed by atoms with Crippen LogP contribution < -0.4 is 5.32 Å². The molecule has 0 aliphatic carbocycles. The fourth-order valence-corrected chi connectivity index (χ4v) is 1.13. The zero-order valence-electron chi connectivity index (χ0n) is 8.47. The highest BCUT2D eigenvalue weighted by Gasteiger charge is 2.09. The van der Waals surface area contributed by atoms with Crippen molar-refractivity contribution in [2.45, 2.75) is 6.92 Å². The number of aromatic nitrogens is 2. The first-order chi connectivity index (χ1) is 7.65. The molecule has 0 radical (unpaired) electrons. The van der Waals surface area contributed by atoms with E-state index in [1.807, 2.05) is 0 Å². The van der Waals surface area contributed by atoms with Crippen LogP contribution in [0.2, 0.25) is 0 Å². The van der Waals surface area contributed by atoms with Gasteiger partial charge in [-0.2, -0.15) is 0 Å². The summed E-state index contributed by atoms with van der Waals surface area (Å²) in [5.74, 6) is 0.106. The molecule has 0 bridgehead atoms. The fourth-order valence-electron chi connectivity index (χ4n) is 1.13. The quantitative estimate of drug-likeness (QED) is 0.795. The molecule has 0 fully saturated rings. The highest BCUT2D eigenvalue weighted by Crippen LogP contribution is 2.11. The number of aryl methyl sites for hydroxylation is 1. The topological polar surface area (TPSA) is 88.2 Å². The van der Waals surface area contributed by atoms with Gasteiger partial charge in [0.25, 0.3) is 5.91 Å². The normalized spacial score (nSPS) is 10.1. The van der Waals surface area contributed by atoms with Crippen molar-refractivity contribution in [2.75, 3.05) is 5.32 Å². The summed E-state index contributed by atoms with van der Waals surface area (Å²) < 4.78 is 5.00. The molecule has 1 heterocycles. The van der Waals surface area contributed by atoms with Crippen LogP contribution in [0.15, 0.2) is 28.7 Å². The lowest BCUT2D eigenvalue weighted by atomic mass is 10.2. The number of nitrogens with one attached hydrogen (secondary N) is 1. The third kappa shape index (κ3) is 2.17. The Balaban J connectivity index is 2.11. The molecule has 6 nitrogen and oxygen atoms in total. The van der Waals surface area contributed by atoms with Gasteiger partial charge in [0.2, 0.25) is 5.89 Å².